The molecule has 1 fully saturated rings. The molecule has 28 heavy (non-hydrogen) atoms. The molecule has 1 aromatic carbocycles. The van der Waals surface area contributed by atoms with Crippen LogP contribution in [-0.4, -0.2) is 64.5 Å². The van der Waals surface area contributed by atoms with Crippen molar-refractivity contribution in [1.29, 1.82) is 0 Å². The molecule has 1 aliphatic rings. The molecular formula is C20H33ClN4O2S. The Bertz CT molecular complexity index is 769. The summed E-state index contributed by atoms with van der Waals surface area (Å²) in [6.07, 6.45) is 4.12. The lowest BCUT2D eigenvalue weighted by Gasteiger charge is -2.40. The molecule has 0 bridgehead atoms. The molecule has 0 spiro atoms. The van der Waals surface area contributed by atoms with Gasteiger partial charge >= 0.3 is 0 Å². The summed E-state index contributed by atoms with van der Waals surface area (Å²) in [7, 11) is 0.946. The maximum absolute atomic E-state index is 11.4. The number of halogens is 1. The van der Waals surface area contributed by atoms with Gasteiger partial charge in [-0.2, -0.15) is 0 Å². The lowest BCUT2D eigenvalue weighted by Crippen LogP contribution is -2.47. The van der Waals surface area contributed by atoms with Crippen LogP contribution in [0.2, 0.25) is 5.02 Å². The van der Waals surface area contributed by atoms with Crippen LogP contribution in [0, 0.1) is 5.92 Å². The highest BCUT2D eigenvalue weighted by Crippen LogP contribution is 2.35. The first-order chi connectivity index (χ1) is 13.2. The number of nitrogens with one attached hydrogen (secondary N) is 2. The van der Waals surface area contributed by atoms with Crippen molar-refractivity contribution in [1.82, 2.24) is 15.5 Å². The van der Waals surface area contributed by atoms with E-state index in [-0.39, 0.29) is 11.8 Å². The third-order valence-corrected chi connectivity index (χ3v) is 6.47. The predicted octanol–water partition coefficient (Wildman–Crippen LogP) is 2.71. The molecule has 3 unspecified atom stereocenters. The van der Waals surface area contributed by atoms with Gasteiger partial charge in [0.15, 0.2) is 5.96 Å². The van der Waals surface area contributed by atoms with E-state index in [1.807, 2.05) is 19.1 Å². The number of sulfone groups is 1. The van der Waals surface area contributed by atoms with Gasteiger partial charge in [0, 0.05) is 37.0 Å². The second-order valence-corrected chi connectivity index (χ2v) is 10.5. The van der Waals surface area contributed by atoms with Gasteiger partial charge in [-0.1, -0.05) is 23.7 Å². The molecule has 1 saturated heterocycles. The van der Waals surface area contributed by atoms with Crippen LogP contribution in [-0.2, 0) is 9.84 Å². The summed E-state index contributed by atoms with van der Waals surface area (Å²) >= 11 is 6.22. The number of nitrogens with zero attached hydrogens (tertiary/aromatic N) is 2. The minimum Gasteiger partial charge on any atom is -0.356 e. The fourth-order valence-corrected chi connectivity index (χ4v) is 4.79. The van der Waals surface area contributed by atoms with Gasteiger partial charge in [-0.15, -0.1) is 0 Å². The van der Waals surface area contributed by atoms with Crippen molar-refractivity contribution in [3.05, 3.63) is 34.9 Å². The van der Waals surface area contributed by atoms with Gasteiger partial charge in [0.25, 0.3) is 0 Å². The number of aliphatic imine (C=N–C) groups is 1. The Morgan fingerprint density at radius 3 is 2.82 bits per heavy atom. The average molecular weight is 429 g/mol. The molecule has 8 heteroatoms. The van der Waals surface area contributed by atoms with Crippen molar-refractivity contribution < 1.29 is 8.42 Å². The Morgan fingerprint density at radius 2 is 2.18 bits per heavy atom. The van der Waals surface area contributed by atoms with Crippen LogP contribution in [0.5, 0.6) is 0 Å². The van der Waals surface area contributed by atoms with E-state index in [0.717, 1.165) is 31.0 Å². The van der Waals surface area contributed by atoms with E-state index in [1.165, 1.54) is 11.8 Å². The smallest absolute Gasteiger partial charge is 0.191 e. The molecule has 0 amide bonds. The zero-order valence-corrected chi connectivity index (χ0v) is 18.9. The molecule has 3 atom stereocenters. The fourth-order valence-electron chi connectivity index (χ4n) is 3.81. The first-order valence-electron chi connectivity index (χ1n) is 9.80. The van der Waals surface area contributed by atoms with Crippen LogP contribution in [0.25, 0.3) is 0 Å². The van der Waals surface area contributed by atoms with Crippen molar-refractivity contribution in [2.75, 3.05) is 39.2 Å². The molecule has 0 saturated carbocycles. The molecule has 6 nitrogen and oxygen atoms in total. The minimum absolute atomic E-state index is 0.0266. The molecule has 1 aliphatic heterocycles. The van der Waals surface area contributed by atoms with E-state index in [0.29, 0.717) is 24.3 Å². The summed E-state index contributed by atoms with van der Waals surface area (Å²) in [6.45, 7) is 3.84. The van der Waals surface area contributed by atoms with E-state index in [2.05, 4.69) is 39.7 Å². The monoisotopic (exact) mass is 428 g/mol. The van der Waals surface area contributed by atoms with Crippen molar-refractivity contribution in [3.8, 4) is 0 Å². The van der Waals surface area contributed by atoms with Crippen LogP contribution in [0.4, 0.5) is 0 Å². The molecular weight excluding hydrogens is 396 g/mol. The average Bonchev–Trinajstić information content (AvgIpc) is 2.62. The highest BCUT2D eigenvalue weighted by molar-refractivity contribution is 7.90. The number of hydrogen-bond acceptors (Lipinski definition) is 4. The third kappa shape index (κ3) is 7.26. The van der Waals surface area contributed by atoms with Crippen LogP contribution >= 0.6 is 11.6 Å². The van der Waals surface area contributed by atoms with E-state index in [1.54, 1.807) is 7.05 Å². The lowest BCUT2D eigenvalue weighted by atomic mass is 9.85. The number of guanidine groups is 1. The first kappa shape index (κ1) is 23.0. The number of piperidine rings is 1. The Balaban J connectivity index is 1.97. The second kappa shape index (κ2) is 10.5. The fraction of sp³-hybridized carbons (Fsp3) is 0.650. The SMILES string of the molecule is CN=C(NCC1CCCN(C)C1c1cccc(Cl)c1)NC(C)CCS(C)(=O)=O. The molecule has 1 aromatic rings. The quantitative estimate of drug-likeness (QED) is 0.516. The van der Waals surface area contributed by atoms with Gasteiger partial charge in [-0.25, -0.2) is 8.42 Å². The summed E-state index contributed by atoms with van der Waals surface area (Å²) in [5, 5.41) is 7.49. The Labute approximate surface area is 174 Å². The molecule has 0 aliphatic carbocycles. The number of benzene rings is 1. The largest absolute Gasteiger partial charge is 0.356 e. The number of rotatable bonds is 7. The van der Waals surface area contributed by atoms with Gasteiger partial charge in [-0.05, 0) is 63.4 Å². The molecule has 0 radical (unpaired) electrons. The third-order valence-electron chi connectivity index (χ3n) is 5.26. The first-order valence-corrected chi connectivity index (χ1v) is 12.2. The van der Waals surface area contributed by atoms with Gasteiger partial charge in [0.05, 0.1) is 5.75 Å². The zero-order chi connectivity index (χ0) is 20.7. The van der Waals surface area contributed by atoms with Crippen LogP contribution in [0.1, 0.15) is 37.8 Å². The Morgan fingerprint density at radius 1 is 1.43 bits per heavy atom. The molecule has 0 aromatic heterocycles. The standard InChI is InChI=1S/C20H33ClN4O2S/c1-15(10-12-28(4,26)27)24-20(22-2)23-14-17-8-6-11-25(3)19(17)16-7-5-9-18(21)13-16/h5,7,9,13,15,17,19H,6,8,10-12,14H2,1-4H3,(H2,22,23,24). The maximum Gasteiger partial charge on any atom is 0.191 e. The van der Waals surface area contributed by atoms with Gasteiger partial charge in [0.1, 0.15) is 9.84 Å². The summed E-state index contributed by atoms with van der Waals surface area (Å²) in [5.41, 5.74) is 1.24. The highest BCUT2D eigenvalue weighted by Gasteiger charge is 2.30. The Hall–Kier alpha value is -1.31. The summed E-state index contributed by atoms with van der Waals surface area (Å²) in [4.78, 5) is 6.69. The second-order valence-electron chi connectivity index (χ2n) is 7.80. The zero-order valence-electron chi connectivity index (χ0n) is 17.3. The molecule has 1 heterocycles. The normalized spacial score (nSPS) is 22.7. The molecule has 2 N–H and O–H groups in total. The molecule has 158 valence electrons. The van der Waals surface area contributed by atoms with E-state index in [9.17, 15) is 8.42 Å². The summed E-state index contributed by atoms with van der Waals surface area (Å²) < 4.78 is 22.7. The minimum atomic E-state index is -2.96. The van der Waals surface area contributed by atoms with Crippen LogP contribution in [0.15, 0.2) is 29.3 Å². The lowest BCUT2D eigenvalue weighted by molar-refractivity contribution is 0.122. The summed E-state index contributed by atoms with van der Waals surface area (Å²) in [5.74, 6) is 1.31. The topological polar surface area (TPSA) is 73.8 Å². The van der Waals surface area contributed by atoms with E-state index < -0.39 is 9.84 Å². The van der Waals surface area contributed by atoms with Crippen molar-refractivity contribution in [3.63, 3.8) is 0 Å². The van der Waals surface area contributed by atoms with Gasteiger partial charge < -0.3 is 10.6 Å². The van der Waals surface area contributed by atoms with Gasteiger partial charge in [0.2, 0.25) is 0 Å². The number of hydrogen-bond donors (Lipinski definition) is 2. The number of likely N-dealkylation sites (tertiary alicyclic amines) is 1. The van der Waals surface area contributed by atoms with E-state index >= 15 is 0 Å². The van der Waals surface area contributed by atoms with Crippen LogP contribution in [0.3, 0.4) is 0 Å². The maximum atomic E-state index is 11.4. The van der Waals surface area contributed by atoms with Crippen molar-refractivity contribution in [2.45, 2.75) is 38.3 Å². The van der Waals surface area contributed by atoms with Crippen molar-refractivity contribution >= 4 is 27.4 Å². The summed E-state index contributed by atoms with van der Waals surface area (Å²) in [6, 6.07) is 8.45. The van der Waals surface area contributed by atoms with Crippen LogP contribution < -0.4 is 10.6 Å². The molecule has 2 rings (SSSR count). The Kier molecular flexibility index (Phi) is 8.58. The van der Waals surface area contributed by atoms with Gasteiger partial charge in [-0.3, -0.25) is 9.89 Å². The van der Waals surface area contributed by atoms with Crippen molar-refractivity contribution in [2.24, 2.45) is 10.9 Å². The highest BCUT2D eigenvalue weighted by atomic mass is 35.5. The van der Waals surface area contributed by atoms with E-state index in [4.69, 9.17) is 11.6 Å². The predicted molar refractivity (Wildman–Crippen MR) is 118 cm³/mol.